The number of hydrogen-bond donors (Lipinski definition) is 2. The largest absolute Gasteiger partial charge is 0.397 e. The molecule has 0 bridgehead atoms. The van der Waals surface area contributed by atoms with Crippen LogP contribution in [0.5, 0.6) is 0 Å². The third kappa shape index (κ3) is 6.55. The zero-order valence-electron chi connectivity index (χ0n) is 12.6. The molecule has 1 atom stereocenters. The summed E-state index contributed by atoms with van der Waals surface area (Å²) < 4.78 is 5.59. The molecule has 0 heterocycles. The van der Waals surface area contributed by atoms with Gasteiger partial charge >= 0.3 is 0 Å². The first-order valence-electron chi connectivity index (χ1n) is 6.95. The van der Waals surface area contributed by atoms with Crippen molar-refractivity contribution in [3.05, 3.63) is 22.2 Å². The van der Waals surface area contributed by atoms with Crippen LogP contribution in [0.4, 0.5) is 11.4 Å². The molecule has 0 spiro atoms. The number of ether oxygens (including phenoxy) is 1. The topological polar surface area (TPSA) is 64.3 Å². The van der Waals surface area contributed by atoms with E-state index in [9.17, 15) is 4.79 Å². The van der Waals surface area contributed by atoms with Gasteiger partial charge in [0.15, 0.2) is 0 Å². The van der Waals surface area contributed by atoms with Gasteiger partial charge in [-0.25, -0.2) is 0 Å². The van der Waals surface area contributed by atoms with Crippen molar-refractivity contribution in [2.45, 2.75) is 39.7 Å². The summed E-state index contributed by atoms with van der Waals surface area (Å²) in [5, 5.41) is 3.44. The summed E-state index contributed by atoms with van der Waals surface area (Å²) in [6.45, 7) is 6.65. The molecule has 4 nitrogen and oxygen atoms in total. The molecule has 1 rings (SSSR count). The Morgan fingerprint density at radius 2 is 2.00 bits per heavy atom. The van der Waals surface area contributed by atoms with Crippen LogP contribution < -0.4 is 11.1 Å². The molecule has 3 N–H and O–H groups in total. The molecule has 0 radical (unpaired) electrons. The van der Waals surface area contributed by atoms with Crippen molar-refractivity contribution >= 4 is 40.5 Å². The van der Waals surface area contributed by atoms with Crippen LogP contribution in [0.25, 0.3) is 0 Å². The van der Waals surface area contributed by atoms with Gasteiger partial charge in [-0.2, -0.15) is 0 Å². The number of nitrogens with two attached hydrogens (primary N) is 1. The van der Waals surface area contributed by atoms with Crippen molar-refractivity contribution in [3.63, 3.8) is 0 Å². The van der Waals surface area contributed by atoms with Gasteiger partial charge < -0.3 is 15.8 Å². The van der Waals surface area contributed by atoms with E-state index in [0.717, 1.165) is 6.42 Å². The average Bonchev–Trinajstić information content (AvgIpc) is 2.32. The van der Waals surface area contributed by atoms with Gasteiger partial charge in [0, 0.05) is 5.02 Å². The molecular formula is C15H22Cl2N2O2. The van der Waals surface area contributed by atoms with Gasteiger partial charge in [0.25, 0.3) is 0 Å². The SMILES string of the molecule is CC(C)CC(C)OCCC(=O)Nc1c(N)cc(Cl)cc1Cl. The van der Waals surface area contributed by atoms with Crippen molar-refractivity contribution in [3.8, 4) is 0 Å². The second-order valence-corrected chi connectivity index (χ2v) is 6.30. The van der Waals surface area contributed by atoms with Crippen LogP contribution in [-0.2, 0) is 9.53 Å². The fraction of sp³-hybridized carbons (Fsp3) is 0.533. The molecule has 0 saturated heterocycles. The summed E-state index contributed by atoms with van der Waals surface area (Å²) in [6, 6.07) is 3.08. The van der Waals surface area contributed by atoms with Crippen molar-refractivity contribution in [2.75, 3.05) is 17.7 Å². The Balaban J connectivity index is 2.44. The molecule has 1 amide bonds. The van der Waals surface area contributed by atoms with Gasteiger partial charge in [-0.15, -0.1) is 0 Å². The molecule has 1 aromatic rings. The highest BCUT2D eigenvalue weighted by Gasteiger charge is 2.11. The van der Waals surface area contributed by atoms with Crippen molar-refractivity contribution in [1.29, 1.82) is 0 Å². The average molecular weight is 333 g/mol. The summed E-state index contributed by atoms with van der Waals surface area (Å²) in [4.78, 5) is 11.9. The summed E-state index contributed by atoms with van der Waals surface area (Å²) in [5.41, 5.74) is 6.52. The first-order chi connectivity index (χ1) is 9.79. The number of hydrogen-bond acceptors (Lipinski definition) is 3. The van der Waals surface area contributed by atoms with E-state index >= 15 is 0 Å². The lowest BCUT2D eigenvalue weighted by Gasteiger charge is -2.15. The van der Waals surface area contributed by atoms with Crippen LogP contribution in [0.3, 0.4) is 0 Å². The lowest BCUT2D eigenvalue weighted by molar-refractivity contribution is -0.117. The van der Waals surface area contributed by atoms with E-state index in [-0.39, 0.29) is 18.4 Å². The predicted molar refractivity (Wildman–Crippen MR) is 89.0 cm³/mol. The Bertz CT molecular complexity index is 470. The molecule has 6 heteroatoms. The number of anilines is 2. The monoisotopic (exact) mass is 332 g/mol. The van der Waals surface area contributed by atoms with Gasteiger partial charge in [0.05, 0.1) is 35.5 Å². The maximum absolute atomic E-state index is 11.9. The van der Waals surface area contributed by atoms with E-state index in [1.807, 2.05) is 6.92 Å². The molecule has 21 heavy (non-hydrogen) atoms. The van der Waals surface area contributed by atoms with Gasteiger partial charge in [-0.3, -0.25) is 4.79 Å². The third-order valence-corrected chi connectivity index (χ3v) is 3.40. The standard InChI is InChI=1S/C15H22Cl2N2O2/c1-9(2)6-10(3)21-5-4-14(20)19-15-12(17)7-11(16)8-13(15)18/h7-10H,4-6,18H2,1-3H3,(H,19,20). The minimum absolute atomic E-state index is 0.141. The molecule has 0 saturated carbocycles. The number of carbonyl (C=O) groups excluding carboxylic acids is 1. The first-order valence-corrected chi connectivity index (χ1v) is 7.71. The predicted octanol–water partition coefficient (Wildman–Crippen LogP) is 4.36. The van der Waals surface area contributed by atoms with E-state index in [0.29, 0.717) is 33.9 Å². The van der Waals surface area contributed by atoms with E-state index in [4.69, 9.17) is 33.7 Å². The van der Waals surface area contributed by atoms with Crippen LogP contribution in [0.15, 0.2) is 12.1 Å². The Labute approximate surface area is 135 Å². The van der Waals surface area contributed by atoms with E-state index in [1.165, 1.54) is 6.07 Å². The number of nitrogen functional groups attached to an aromatic ring is 1. The van der Waals surface area contributed by atoms with Gasteiger partial charge in [0.2, 0.25) is 5.91 Å². The van der Waals surface area contributed by atoms with E-state index in [1.54, 1.807) is 6.07 Å². The molecular weight excluding hydrogens is 311 g/mol. The summed E-state index contributed by atoms with van der Waals surface area (Å²) in [5.74, 6) is 0.379. The zero-order chi connectivity index (χ0) is 16.0. The molecule has 0 aromatic heterocycles. The summed E-state index contributed by atoms with van der Waals surface area (Å²) >= 11 is 11.8. The van der Waals surface area contributed by atoms with Crippen molar-refractivity contribution in [1.82, 2.24) is 0 Å². The highest BCUT2D eigenvalue weighted by Crippen LogP contribution is 2.32. The van der Waals surface area contributed by atoms with Crippen LogP contribution in [0.1, 0.15) is 33.6 Å². The number of amides is 1. The number of carbonyl (C=O) groups is 1. The molecule has 0 aliphatic heterocycles. The highest BCUT2D eigenvalue weighted by molar-refractivity contribution is 6.37. The Kier molecular flexibility index (Phi) is 7.29. The minimum Gasteiger partial charge on any atom is -0.397 e. The van der Waals surface area contributed by atoms with Gasteiger partial charge in [-0.05, 0) is 31.4 Å². The Morgan fingerprint density at radius 3 is 2.57 bits per heavy atom. The highest BCUT2D eigenvalue weighted by atomic mass is 35.5. The lowest BCUT2D eigenvalue weighted by atomic mass is 10.1. The number of nitrogens with one attached hydrogen (secondary N) is 1. The van der Waals surface area contributed by atoms with Gasteiger partial charge in [-0.1, -0.05) is 37.0 Å². The zero-order valence-corrected chi connectivity index (χ0v) is 14.1. The van der Waals surface area contributed by atoms with E-state index in [2.05, 4.69) is 19.2 Å². The van der Waals surface area contributed by atoms with Crippen LogP contribution >= 0.6 is 23.2 Å². The minimum atomic E-state index is -0.192. The molecule has 1 aromatic carbocycles. The quantitative estimate of drug-likeness (QED) is 0.729. The molecule has 1 unspecified atom stereocenters. The second-order valence-electron chi connectivity index (χ2n) is 5.46. The van der Waals surface area contributed by atoms with Crippen LogP contribution in [0, 0.1) is 5.92 Å². The van der Waals surface area contributed by atoms with Crippen molar-refractivity contribution in [2.24, 2.45) is 5.92 Å². The van der Waals surface area contributed by atoms with Crippen LogP contribution in [0.2, 0.25) is 10.0 Å². The lowest BCUT2D eigenvalue weighted by Crippen LogP contribution is -2.18. The fourth-order valence-electron chi connectivity index (χ4n) is 2.01. The van der Waals surface area contributed by atoms with Crippen LogP contribution in [-0.4, -0.2) is 18.6 Å². The number of benzene rings is 1. The smallest absolute Gasteiger partial charge is 0.226 e. The molecule has 0 aliphatic carbocycles. The summed E-state index contributed by atoms with van der Waals surface area (Å²) in [6.07, 6.45) is 1.36. The van der Waals surface area contributed by atoms with Crippen molar-refractivity contribution < 1.29 is 9.53 Å². The normalized spacial score (nSPS) is 12.5. The molecule has 118 valence electrons. The Morgan fingerprint density at radius 1 is 1.33 bits per heavy atom. The maximum atomic E-state index is 11.9. The Hall–Kier alpha value is -0.970. The second kappa shape index (κ2) is 8.47. The number of halogens is 2. The summed E-state index contributed by atoms with van der Waals surface area (Å²) in [7, 11) is 0. The van der Waals surface area contributed by atoms with E-state index < -0.39 is 0 Å². The third-order valence-electron chi connectivity index (χ3n) is 2.88. The molecule has 0 aliphatic rings. The first kappa shape index (κ1) is 18.1. The number of rotatable bonds is 7. The fourth-order valence-corrected chi connectivity index (χ4v) is 2.57. The molecule has 0 fully saturated rings. The maximum Gasteiger partial charge on any atom is 0.226 e. The van der Waals surface area contributed by atoms with Gasteiger partial charge in [0.1, 0.15) is 0 Å².